The number of carboxylic acid groups (broad SMARTS) is 1. The van der Waals surface area contributed by atoms with Crippen LogP contribution in [0.3, 0.4) is 0 Å². The molecule has 0 aromatic heterocycles. The van der Waals surface area contributed by atoms with Crippen molar-refractivity contribution in [1.29, 1.82) is 0 Å². The van der Waals surface area contributed by atoms with E-state index >= 15 is 0 Å². The molecular weight excluding hydrogens is 220 g/mol. The van der Waals surface area contributed by atoms with Gasteiger partial charge in [-0.05, 0) is 18.2 Å². The maximum Gasteiger partial charge on any atom is 0.336 e. The van der Waals surface area contributed by atoms with E-state index in [4.69, 9.17) is 11.5 Å². The molecule has 0 aliphatic heterocycles. The number of terminal acetylenes is 1. The highest BCUT2D eigenvalue weighted by molar-refractivity contribution is 9.10. The summed E-state index contributed by atoms with van der Waals surface area (Å²) in [5.74, 6) is 1.30. The number of benzene rings is 1. The zero-order valence-corrected chi connectivity index (χ0v) is 7.63. The van der Waals surface area contributed by atoms with Gasteiger partial charge in [-0.3, -0.25) is 0 Å². The summed E-state index contributed by atoms with van der Waals surface area (Å²) in [6, 6.07) is 4.72. The van der Waals surface area contributed by atoms with E-state index in [1.807, 2.05) is 0 Å². The van der Waals surface area contributed by atoms with Gasteiger partial charge < -0.3 is 5.11 Å². The molecule has 0 saturated heterocycles. The van der Waals surface area contributed by atoms with Crippen molar-refractivity contribution >= 4 is 21.9 Å². The highest BCUT2D eigenvalue weighted by Gasteiger charge is 2.07. The Kier molecular flexibility index (Phi) is 2.51. The van der Waals surface area contributed by atoms with Gasteiger partial charge in [0, 0.05) is 10.0 Å². The van der Waals surface area contributed by atoms with Crippen LogP contribution in [-0.2, 0) is 0 Å². The third-order valence-corrected chi connectivity index (χ3v) is 1.86. The molecule has 0 amide bonds. The molecule has 60 valence electrons. The first kappa shape index (κ1) is 8.82. The Bertz CT molecular complexity index is 363. The van der Waals surface area contributed by atoms with Crippen molar-refractivity contribution in [2.24, 2.45) is 0 Å². The third-order valence-electron chi connectivity index (χ3n) is 1.37. The quantitative estimate of drug-likeness (QED) is 0.743. The summed E-state index contributed by atoms with van der Waals surface area (Å²) in [6.07, 6.45) is 5.12. The topological polar surface area (TPSA) is 37.3 Å². The van der Waals surface area contributed by atoms with Crippen LogP contribution in [-0.4, -0.2) is 11.1 Å². The molecule has 2 nitrogen and oxygen atoms in total. The summed E-state index contributed by atoms with van der Waals surface area (Å²) in [7, 11) is 0. The molecular formula is C9H5BrO2. The average molecular weight is 225 g/mol. The second kappa shape index (κ2) is 3.42. The van der Waals surface area contributed by atoms with Crippen molar-refractivity contribution < 1.29 is 9.90 Å². The lowest BCUT2D eigenvalue weighted by Gasteiger charge is -1.98. The lowest BCUT2D eigenvalue weighted by molar-refractivity contribution is 0.0696. The lowest BCUT2D eigenvalue weighted by atomic mass is 10.1. The minimum Gasteiger partial charge on any atom is -0.478 e. The molecule has 0 fully saturated rings. The van der Waals surface area contributed by atoms with Crippen LogP contribution in [0.5, 0.6) is 0 Å². The summed E-state index contributed by atoms with van der Waals surface area (Å²) in [4.78, 5) is 10.6. The van der Waals surface area contributed by atoms with Crippen LogP contribution >= 0.6 is 15.9 Å². The summed E-state index contributed by atoms with van der Waals surface area (Å²) < 4.78 is 0.778. The summed E-state index contributed by atoms with van der Waals surface area (Å²) >= 11 is 3.20. The number of hydrogen-bond acceptors (Lipinski definition) is 1. The molecule has 0 radical (unpaired) electrons. The summed E-state index contributed by atoms with van der Waals surface area (Å²) in [5, 5.41) is 8.68. The van der Waals surface area contributed by atoms with Crippen molar-refractivity contribution in [3.8, 4) is 12.3 Å². The van der Waals surface area contributed by atoms with Crippen LogP contribution < -0.4 is 0 Å². The van der Waals surface area contributed by atoms with E-state index < -0.39 is 5.97 Å². The predicted octanol–water partition coefficient (Wildman–Crippen LogP) is 2.13. The molecule has 0 saturated carbocycles. The minimum atomic E-state index is -1.00. The van der Waals surface area contributed by atoms with E-state index in [2.05, 4.69) is 21.9 Å². The van der Waals surface area contributed by atoms with Crippen LogP contribution in [0.25, 0.3) is 0 Å². The average Bonchev–Trinajstić information content (AvgIpc) is 2.03. The van der Waals surface area contributed by atoms with Crippen molar-refractivity contribution in [3.05, 3.63) is 33.8 Å². The van der Waals surface area contributed by atoms with Crippen LogP contribution in [0.1, 0.15) is 15.9 Å². The molecule has 0 aliphatic carbocycles. The largest absolute Gasteiger partial charge is 0.478 e. The van der Waals surface area contributed by atoms with Gasteiger partial charge in [-0.2, -0.15) is 0 Å². The van der Waals surface area contributed by atoms with Crippen molar-refractivity contribution in [2.75, 3.05) is 0 Å². The minimum absolute atomic E-state index is 0.153. The van der Waals surface area contributed by atoms with Crippen LogP contribution in [0, 0.1) is 12.3 Å². The van der Waals surface area contributed by atoms with E-state index in [1.54, 1.807) is 12.1 Å². The Balaban J connectivity index is 3.32. The molecule has 1 aromatic carbocycles. The van der Waals surface area contributed by atoms with E-state index in [0.29, 0.717) is 5.56 Å². The SMILES string of the molecule is C#Cc1cc(Br)ccc1C(=O)O. The van der Waals surface area contributed by atoms with E-state index in [9.17, 15) is 4.79 Å². The van der Waals surface area contributed by atoms with Crippen molar-refractivity contribution in [2.45, 2.75) is 0 Å². The first-order valence-electron chi connectivity index (χ1n) is 3.14. The fourth-order valence-corrected chi connectivity index (χ4v) is 1.18. The Labute approximate surface area is 78.3 Å². The molecule has 1 rings (SSSR count). The number of aromatic carboxylic acids is 1. The highest BCUT2D eigenvalue weighted by Crippen LogP contribution is 2.15. The van der Waals surface area contributed by atoms with E-state index in [1.165, 1.54) is 6.07 Å². The normalized spacial score (nSPS) is 9.00. The Morgan fingerprint density at radius 1 is 1.58 bits per heavy atom. The van der Waals surface area contributed by atoms with Gasteiger partial charge in [-0.1, -0.05) is 21.9 Å². The molecule has 0 heterocycles. The first-order chi connectivity index (χ1) is 5.65. The maximum absolute atomic E-state index is 10.6. The van der Waals surface area contributed by atoms with Crippen molar-refractivity contribution in [1.82, 2.24) is 0 Å². The molecule has 0 bridgehead atoms. The van der Waals surface area contributed by atoms with Crippen LogP contribution in [0.4, 0.5) is 0 Å². The second-order valence-electron chi connectivity index (χ2n) is 2.14. The predicted molar refractivity (Wildman–Crippen MR) is 49.0 cm³/mol. The Morgan fingerprint density at radius 2 is 2.25 bits per heavy atom. The van der Waals surface area contributed by atoms with E-state index in [0.717, 1.165) is 4.47 Å². The van der Waals surface area contributed by atoms with Gasteiger partial charge in [-0.25, -0.2) is 4.79 Å². The van der Waals surface area contributed by atoms with Gasteiger partial charge in [0.1, 0.15) is 0 Å². The Hall–Kier alpha value is -1.27. The Morgan fingerprint density at radius 3 is 2.75 bits per heavy atom. The molecule has 1 N–H and O–H groups in total. The fraction of sp³-hybridized carbons (Fsp3) is 0. The molecule has 0 spiro atoms. The number of carboxylic acids is 1. The summed E-state index contributed by atoms with van der Waals surface area (Å²) in [5.41, 5.74) is 0.539. The zero-order chi connectivity index (χ0) is 9.14. The molecule has 3 heteroatoms. The van der Waals surface area contributed by atoms with Gasteiger partial charge in [0.05, 0.1) is 5.56 Å². The highest BCUT2D eigenvalue weighted by atomic mass is 79.9. The number of carbonyl (C=O) groups is 1. The lowest BCUT2D eigenvalue weighted by Crippen LogP contribution is -1.99. The standard InChI is InChI=1S/C9H5BrO2/c1-2-6-5-7(10)3-4-8(6)9(11)12/h1,3-5H,(H,11,12). The molecule has 1 aromatic rings. The van der Waals surface area contributed by atoms with Gasteiger partial charge in [0.2, 0.25) is 0 Å². The molecule has 0 aliphatic rings. The van der Waals surface area contributed by atoms with Gasteiger partial charge in [0.15, 0.2) is 0 Å². The van der Waals surface area contributed by atoms with Gasteiger partial charge >= 0.3 is 5.97 Å². The zero-order valence-electron chi connectivity index (χ0n) is 6.04. The van der Waals surface area contributed by atoms with Gasteiger partial charge in [0.25, 0.3) is 0 Å². The van der Waals surface area contributed by atoms with E-state index in [-0.39, 0.29) is 5.56 Å². The third kappa shape index (κ3) is 1.66. The second-order valence-corrected chi connectivity index (χ2v) is 3.06. The number of rotatable bonds is 1. The van der Waals surface area contributed by atoms with Crippen molar-refractivity contribution in [3.63, 3.8) is 0 Å². The smallest absolute Gasteiger partial charge is 0.336 e. The van der Waals surface area contributed by atoms with Crippen LogP contribution in [0.15, 0.2) is 22.7 Å². The molecule has 12 heavy (non-hydrogen) atoms. The first-order valence-corrected chi connectivity index (χ1v) is 3.94. The summed E-state index contributed by atoms with van der Waals surface area (Å²) in [6.45, 7) is 0. The number of halogens is 1. The molecule has 0 atom stereocenters. The van der Waals surface area contributed by atoms with Crippen LogP contribution in [0.2, 0.25) is 0 Å². The number of hydrogen-bond donors (Lipinski definition) is 1. The molecule has 0 unspecified atom stereocenters. The van der Waals surface area contributed by atoms with Gasteiger partial charge in [-0.15, -0.1) is 6.42 Å². The fourth-order valence-electron chi connectivity index (χ4n) is 0.822. The maximum atomic E-state index is 10.6. The monoisotopic (exact) mass is 224 g/mol.